The maximum atomic E-state index is 4.48. The number of thioether (sulfide) groups is 1. The van der Waals surface area contributed by atoms with Gasteiger partial charge in [0.2, 0.25) is 0 Å². The minimum absolute atomic E-state index is 0. The molecular formula is C21H29IN8S. The van der Waals surface area contributed by atoms with Gasteiger partial charge in [-0.25, -0.2) is 9.97 Å². The Morgan fingerprint density at radius 2 is 2.06 bits per heavy atom. The fraction of sp³-hybridized carbons (Fsp3) is 0.429. The highest BCUT2D eigenvalue weighted by Gasteiger charge is 2.24. The summed E-state index contributed by atoms with van der Waals surface area (Å²) in [5.41, 5.74) is 0.827. The molecule has 8 nitrogen and oxygen atoms in total. The van der Waals surface area contributed by atoms with Crippen LogP contribution in [0.3, 0.4) is 0 Å². The molecule has 0 aliphatic carbocycles. The maximum Gasteiger partial charge on any atom is 0.193 e. The Labute approximate surface area is 204 Å². The second kappa shape index (κ2) is 11.5. The van der Waals surface area contributed by atoms with Gasteiger partial charge >= 0.3 is 0 Å². The van der Waals surface area contributed by atoms with Crippen molar-refractivity contribution in [2.75, 3.05) is 44.3 Å². The van der Waals surface area contributed by atoms with Gasteiger partial charge in [-0.2, -0.15) is 5.10 Å². The van der Waals surface area contributed by atoms with Crippen molar-refractivity contribution < 1.29 is 0 Å². The fourth-order valence-corrected chi connectivity index (χ4v) is 4.73. The summed E-state index contributed by atoms with van der Waals surface area (Å²) >= 11 is 1.94. The van der Waals surface area contributed by atoms with Crippen LogP contribution >= 0.6 is 35.7 Å². The van der Waals surface area contributed by atoms with Crippen LogP contribution in [-0.2, 0) is 7.05 Å². The zero-order valence-corrected chi connectivity index (χ0v) is 21.0. The molecule has 2 aromatic heterocycles. The Hall–Kier alpha value is -2.08. The molecule has 0 spiro atoms. The van der Waals surface area contributed by atoms with Crippen molar-refractivity contribution in [3.05, 3.63) is 42.9 Å². The smallest absolute Gasteiger partial charge is 0.193 e. The van der Waals surface area contributed by atoms with Crippen LogP contribution in [0, 0.1) is 5.92 Å². The predicted molar refractivity (Wildman–Crippen MR) is 138 cm³/mol. The summed E-state index contributed by atoms with van der Waals surface area (Å²) in [6, 6.07) is 10.6. The molecular weight excluding hydrogens is 523 g/mol. The van der Waals surface area contributed by atoms with Gasteiger partial charge < -0.3 is 15.5 Å². The molecule has 1 atom stereocenters. The highest BCUT2D eigenvalue weighted by Crippen LogP contribution is 2.25. The number of benzene rings is 1. The monoisotopic (exact) mass is 552 g/mol. The van der Waals surface area contributed by atoms with Crippen molar-refractivity contribution in [3.63, 3.8) is 0 Å². The van der Waals surface area contributed by atoms with Crippen molar-refractivity contribution in [2.45, 2.75) is 11.3 Å². The minimum atomic E-state index is 0. The van der Waals surface area contributed by atoms with Crippen molar-refractivity contribution in [2.24, 2.45) is 18.0 Å². The third-order valence-corrected chi connectivity index (χ3v) is 6.50. The molecule has 0 saturated carbocycles. The Morgan fingerprint density at radius 1 is 1.23 bits per heavy atom. The molecule has 1 unspecified atom stereocenters. The van der Waals surface area contributed by atoms with E-state index >= 15 is 0 Å². The summed E-state index contributed by atoms with van der Waals surface area (Å²) in [4.78, 5) is 16.8. The lowest BCUT2D eigenvalue weighted by Gasteiger charge is -2.22. The van der Waals surface area contributed by atoms with Gasteiger partial charge in [-0.3, -0.25) is 9.67 Å². The van der Waals surface area contributed by atoms with Crippen LogP contribution in [0.5, 0.6) is 0 Å². The first kappa shape index (κ1) is 23.6. The number of anilines is 1. The number of fused-ring (bicyclic) bond motifs is 1. The van der Waals surface area contributed by atoms with E-state index in [0.29, 0.717) is 5.92 Å². The second-order valence-electron chi connectivity index (χ2n) is 7.35. The molecule has 1 aliphatic rings. The lowest BCUT2D eigenvalue weighted by Crippen LogP contribution is -2.42. The number of nitrogens with one attached hydrogen (secondary N) is 2. The number of halogens is 1. The third-order valence-electron chi connectivity index (χ3n) is 5.26. The molecule has 1 aliphatic heterocycles. The first-order valence-electron chi connectivity index (χ1n) is 10.2. The van der Waals surface area contributed by atoms with Gasteiger partial charge in [0.1, 0.15) is 12.1 Å². The van der Waals surface area contributed by atoms with Crippen LogP contribution < -0.4 is 10.6 Å². The second-order valence-corrected chi connectivity index (χ2v) is 8.45. The summed E-state index contributed by atoms with van der Waals surface area (Å²) in [6.45, 7) is 3.60. The van der Waals surface area contributed by atoms with Crippen LogP contribution in [0.4, 0.5) is 5.82 Å². The number of likely N-dealkylation sites (tertiary alicyclic amines) is 1. The molecule has 10 heteroatoms. The van der Waals surface area contributed by atoms with Crippen molar-refractivity contribution in [1.82, 2.24) is 30.0 Å². The van der Waals surface area contributed by atoms with E-state index in [1.54, 1.807) is 17.2 Å². The van der Waals surface area contributed by atoms with Gasteiger partial charge in [0.25, 0.3) is 0 Å². The number of nitrogens with zero attached hydrogens (tertiary/aromatic N) is 6. The summed E-state index contributed by atoms with van der Waals surface area (Å²) < 4.78 is 1.75. The average molecular weight is 552 g/mol. The van der Waals surface area contributed by atoms with Crippen LogP contribution in [0.25, 0.3) is 11.0 Å². The standard InChI is InChI=1S/C21H28N8S.HI/c1-22-21(29-11-8-16(13-29)14-30-17-6-4-3-5-7-17)24-10-9-23-19-18-12-27-28(2)20(18)26-15-25-19;/h3-7,12,15-16H,8-11,13-14H2,1-2H3,(H,22,24)(H,23,25,26);1H. The largest absolute Gasteiger partial charge is 0.368 e. The lowest BCUT2D eigenvalue weighted by molar-refractivity contribution is 0.476. The first-order chi connectivity index (χ1) is 14.7. The van der Waals surface area contributed by atoms with Crippen LogP contribution in [-0.4, -0.2) is 69.6 Å². The van der Waals surface area contributed by atoms with Crippen molar-refractivity contribution in [3.8, 4) is 0 Å². The van der Waals surface area contributed by atoms with E-state index in [1.165, 1.54) is 11.3 Å². The first-order valence-corrected chi connectivity index (χ1v) is 11.2. The SMILES string of the molecule is CN=C(NCCNc1ncnc2c1cnn2C)N1CCC(CSc2ccccc2)C1.I. The molecule has 1 saturated heterocycles. The normalized spacial score (nSPS) is 16.4. The molecule has 166 valence electrons. The van der Waals surface area contributed by atoms with Gasteiger partial charge in [0.05, 0.1) is 11.6 Å². The number of aryl methyl sites for hydroxylation is 1. The predicted octanol–water partition coefficient (Wildman–Crippen LogP) is 3.08. The molecule has 3 heterocycles. The number of hydrogen-bond donors (Lipinski definition) is 2. The fourth-order valence-electron chi connectivity index (χ4n) is 3.68. The number of hydrogen-bond acceptors (Lipinski definition) is 6. The Bertz CT molecular complexity index is 993. The van der Waals surface area contributed by atoms with Crippen LogP contribution in [0.15, 0.2) is 52.7 Å². The van der Waals surface area contributed by atoms with Crippen LogP contribution in [0.2, 0.25) is 0 Å². The number of rotatable bonds is 7. The van der Waals surface area contributed by atoms with E-state index in [-0.39, 0.29) is 24.0 Å². The molecule has 0 amide bonds. The zero-order chi connectivity index (χ0) is 20.8. The van der Waals surface area contributed by atoms with Gasteiger partial charge in [0, 0.05) is 50.9 Å². The lowest BCUT2D eigenvalue weighted by atomic mass is 10.2. The topological polar surface area (TPSA) is 83.3 Å². The summed E-state index contributed by atoms with van der Waals surface area (Å²) in [6.07, 6.45) is 4.57. The van der Waals surface area contributed by atoms with Gasteiger partial charge in [-0.05, 0) is 24.5 Å². The van der Waals surface area contributed by atoms with E-state index < -0.39 is 0 Å². The summed E-state index contributed by atoms with van der Waals surface area (Å²) in [5.74, 6) is 3.61. The van der Waals surface area contributed by atoms with Crippen molar-refractivity contribution >= 4 is 58.5 Å². The maximum absolute atomic E-state index is 4.48. The highest BCUT2D eigenvalue weighted by molar-refractivity contribution is 14.0. The molecule has 1 fully saturated rings. The van der Waals surface area contributed by atoms with E-state index in [4.69, 9.17) is 0 Å². The van der Waals surface area contributed by atoms with E-state index in [0.717, 1.165) is 54.7 Å². The quantitative estimate of drug-likeness (QED) is 0.153. The Kier molecular flexibility index (Phi) is 8.76. The zero-order valence-electron chi connectivity index (χ0n) is 17.9. The molecule has 0 bridgehead atoms. The third kappa shape index (κ3) is 6.00. The number of aliphatic imine (C=N–C) groups is 1. The molecule has 1 aromatic carbocycles. The van der Waals surface area contributed by atoms with E-state index in [9.17, 15) is 0 Å². The summed E-state index contributed by atoms with van der Waals surface area (Å²) in [7, 11) is 3.73. The molecule has 4 rings (SSSR count). The van der Waals surface area contributed by atoms with E-state index in [2.05, 4.69) is 65.9 Å². The Morgan fingerprint density at radius 3 is 2.87 bits per heavy atom. The minimum Gasteiger partial charge on any atom is -0.368 e. The van der Waals surface area contributed by atoms with Gasteiger partial charge in [-0.1, -0.05) is 18.2 Å². The van der Waals surface area contributed by atoms with E-state index in [1.807, 2.05) is 25.9 Å². The van der Waals surface area contributed by atoms with Crippen molar-refractivity contribution in [1.29, 1.82) is 0 Å². The molecule has 3 aromatic rings. The number of aromatic nitrogens is 4. The average Bonchev–Trinajstić information content (AvgIpc) is 3.41. The number of guanidine groups is 1. The molecule has 31 heavy (non-hydrogen) atoms. The van der Waals surface area contributed by atoms with Crippen LogP contribution in [0.1, 0.15) is 6.42 Å². The Balaban J connectivity index is 0.00000272. The van der Waals surface area contributed by atoms with Gasteiger partial charge in [0.15, 0.2) is 11.6 Å². The highest BCUT2D eigenvalue weighted by atomic mass is 127. The van der Waals surface area contributed by atoms with Gasteiger partial charge in [-0.15, -0.1) is 35.7 Å². The summed E-state index contributed by atoms with van der Waals surface area (Å²) in [5, 5.41) is 12.0. The molecule has 2 N–H and O–H groups in total. The molecule has 0 radical (unpaired) electrons.